The Morgan fingerprint density at radius 3 is 2.11 bits per heavy atom. The van der Waals surface area contributed by atoms with Gasteiger partial charge in [-0.05, 0) is 45.0 Å². The maximum atomic E-state index is 12.9. The summed E-state index contributed by atoms with van der Waals surface area (Å²) in [6, 6.07) is 14.4. The van der Waals surface area contributed by atoms with Gasteiger partial charge in [-0.25, -0.2) is 4.79 Å². The van der Waals surface area contributed by atoms with E-state index in [1.807, 2.05) is 38.1 Å². The van der Waals surface area contributed by atoms with Crippen molar-refractivity contribution in [2.75, 3.05) is 6.54 Å². The summed E-state index contributed by atoms with van der Waals surface area (Å²) in [5.74, 6) is -0.673. The highest BCUT2D eigenvalue weighted by atomic mass is 35.5. The molecule has 142 valence electrons. The lowest BCUT2D eigenvalue weighted by atomic mass is 10.1. The molecular formula is C21H22ClNO4. The number of aryl methyl sites for hydroxylation is 2. The molecule has 2 aromatic carbocycles. The zero-order chi connectivity index (χ0) is 19.6. The Morgan fingerprint density at radius 1 is 1.04 bits per heavy atom. The third-order valence-electron chi connectivity index (χ3n) is 4.48. The van der Waals surface area contributed by atoms with Gasteiger partial charge in [0.1, 0.15) is 6.10 Å². The van der Waals surface area contributed by atoms with Crippen LogP contribution in [0.2, 0.25) is 0 Å². The molecule has 3 unspecified atom stereocenters. The summed E-state index contributed by atoms with van der Waals surface area (Å²) in [6.07, 6.45) is -1.41. The van der Waals surface area contributed by atoms with Crippen LogP contribution in [0.1, 0.15) is 38.8 Å². The van der Waals surface area contributed by atoms with Crippen LogP contribution in [-0.4, -0.2) is 41.2 Å². The van der Waals surface area contributed by atoms with E-state index in [9.17, 15) is 9.59 Å². The second kappa shape index (κ2) is 8.11. The Kier molecular flexibility index (Phi) is 5.82. The van der Waals surface area contributed by atoms with Gasteiger partial charge in [0.15, 0.2) is 11.8 Å². The number of hydrogen-bond donors (Lipinski definition) is 0. The fourth-order valence-corrected chi connectivity index (χ4v) is 3.19. The van der Waals surface area contributed by atoms with E-state index in [4.69, 9.17) is 21.1 Å². The zero-order valence-corrected chi connectivity index (χ0v) is 16.3. The summed E-state index contributed by atoms with van der Waals surface area (Å²) < 4.78 is 11.2. The van der Waals surface area contributed by atoms with E-state index in [2.05, 4.69) is 0 Å². The Balaban J connectivity index is 1.72. The molecule has 0 aromatic heterocycles. The second-order valence-electron chi connectivity index (χ2n) is 6.74. The maximum Gasteiger partial charge on any atom is 0.338 e. The van der Waals surface area contributed by atoms with Gasteiger partial charge >= 0.3 is 5.97 Å². The van der Waals surface area contributed by atoms with Gasteiger partial charge in [0.25, 0.3) is 5.91 Å². The van der Waals surface area contributed by atoms with Crippen molar-refractivity contribution in [3.8, 4) is 0 Å². The van der Waals surface area contributed by atoms with E-state index in [1.165, 1.54) is 4.90 Å². The lowest BCUT2D eigenvalue weighted by Gasteiger charge is -2.27. The van der Waals surface area contributed by atoms with E-state index < -0.39 is 23.9 Å². The number of carbonyl (C=O) groups is 2. The van der Waals surface area contributed by atoms with Gasteiger partial charge in [0, 0.05) is 5.56 Å². The third-order valence-corrected chi connectivity index (χ3v) is 4.72. The molecule has 0 spiro atoms. The smallest absolute Gasteiger partial charge is 0.338 e. The van der Waals surface area contributed by atoms with Crippen LogP contribution in [0.5, 0.6) is 0 Å². The number of benzene rings is 2. The molecule has 3 rings (SSSR count). The van der Waals surface area contributed by atoms with Crippen molar-refractivity contribution in [3.63, 3.8) is 0 Å². The maximum absolute atomic E-state index is 12.9. The molecule has 1 aliphatic heterocycles. The van der Waals surface area contributed by atoms with Crippen LogP contribution in [0.15, 0.2) is 48.5 Å². The number of ether oxygens (including phenoxy) is 2. The molecule has 2 aromatic rings. The second-order valence-corrected chi connectivity index (χ2v) is 7.22. The zero-order valence-electron chi connectivity index (χ0n) is 15.5. The van der Waals surface area contributed by atoms with E-state index in [0.29, 0.717) is 11.1 Å². The topological polar surface area (TPSA) is 55.8 Å². The van der Waals surface area contributed by atoms with Gasteiger partial charge in [0.05, 0.1) is 12.1 Å². The summed E-state index contributed by atoms with van der Waals surface area (Å²) in [7, 11) is 0. The first-order valence-electron chi connectivity index (χ1n) is 8.80. The first-order valence-corrected chi connectivity index (χ1v) is 9.23. The van der Waals surface area contributed by atoms with Gasteiger partial charge in [0.2, 0.25) is 0 Å². The van der Waals surface area contributed by atoms with Crippen LogP contribution in [0.4, 0.5) is 0 Å². The van der Waals surface area contributed by atoms with Crippen molar-refractivity contribution in [2.24, 2.45) is 0 Å². The van der Waals surface area contributed by atoms with Crippen molar-refractivity contribution < 1.29 is 19.1 Å². The number of nitrogens with zero attached hydrogens (tertiary/aromatic N) is 1. The number of halogens is 1. The minimum Gasteiger partial charge on any atom is -0.454 e. The predicted octanol–water partition coefficient (Wildman–Crippen LogP) is 3.91. The van der Waals surface area contributed by atoms with Crippen LogP contribution in [-0.2, 0) is 9.47 Å². The number of amides is 1. The van der Waals surface area contributed by atoms with Gasteiger partial charge in [-0.3, -0.25) is 4.79 Å². The third kappa shape index (κ3) is 4.49. The van der Waals surface area contributed by atoms with Crippen molar-refractivity contribution in [2.45, 2.75) is 38.7 Å². The number of rotatable bonds is 4. The minimum absolute atomic E-state index is 0.207. The lowest BCUT2D eigenvalue weighted by molar-refractivity contribution is -0.0638. The molecule has 0 aliphatic carbocycles. The molecule has 0 saturated carbocycles. The average Bonchev–Trinajstić information content (AvgIpc) is 3.04. The molecule has 1 amide bonds. The Morgan fingerprint density at radius 2 is 1.56 bits per heavy atom. The number of hydrogen-bond acceptors (Lipinski definition) is 4. The molecule has 1 fully saturated rings. The Labute approximate surface area is 163 Å². The monoisotopic (exact) mass is 387 g/mol. The highest BCUT2D eigenvalue weighted by Gasteiger charge is 2.40. The normalized spacial score (nSPS) is 20.4. The summed E-state index contributed by atoms with van der Waals surface area (Å²) in [6.45, 7) is 5.82. The first-order chi connectivity index (χ1) is 12.8. The van der Waals surface area contributed by atoms with Crippen LogP contribution in [0, 0.1) is 13.8 Å². The molecule has 3 atom stereocenters. The van der Waals surface area contributed by atoms with Gasteiger partial charge in [-0.2, -0.15) is 0 Å². The summed E-state index contributed by atoms with van der Waals surface area (Å²) in [4.78, 5) is 26.7. The van der Waals surface area contributed by atoms with Crippen LogP contribution < -0.4 is 0 Å². The quantitative estimate of drug-likeness (QED) is 0.589. The molecule has 0 bridgehead atoms. The highest BCUT2D eigenvalue weighted by molar-refractivity contribution is 6.20. The van der Waals surface area contributed by atoms with E-state index in [0.717, 1.165) is 11.1 Å². The first kappa shape index (κ1) is 19.4. The van der Waals surface area contributed by atoms with Crippen molar-refractivity contribution in [1.29, 1.82) is 0 Å². The standard InChI is InChI=1S/C21H22ClNO4/c1-13-4-8-16(9-5-13)19(24)23-12-18(22)27-20(23)15(3)26-21(25)17-10-6-14(2)7-11-17/h4-11,15,18,20H,12H2,1-3H3. The molecule has 0 radical (unpaired) electrons. The Bertz CT molecular complexity index is 819. The van der Waals surface area contributed by atoms with Gasteiger partial charge in [-0.15, -0.1) is 0 Å². The average molecular weight is 388 g/mol. The minimum atomic E-state index is -0.740. The molecule has 0 N–H and O–H groups in total. The van der Waals surface area contributed by atoms with Crippen molar-refractivity contribution >= 4 is 23.5 Å². The molecule has 1 aliphatic rings. The predicted molar refractivity (Wildman–Crippen MR) is 103 cm³/mol. The SMILES string of the molecule is Cc1ccc(C(=O)OC(C)C2OC(Cl)CN2C(=O)c2ccc(C)cc2)cc1. The van der Waals surface area contributed by atoms with Crippen molar-refractivity contribution in [1.82, 2.24) is 4.90 Å². The van der Waals surface area contributed by atoms with E-state index >= 15 is 0 Å². The van der Waals surface area contributed by atoms with Crippen molar-refractivity contribution in [3.05, 3.63) is 70.8 Å². The fraction of sp³-hybridized carbons (Fsp3) is 0.333. The summed E-state index contributed by atoms with van der Waals surface area (Å²) in [5, 5.41) is 0. The van der Waals surface area contributed by atoms with Crippen LogP contribution >= 0.6 is 11.6 Å². The van der Waals surface area contributed by atoms with Crippen LogP contribution in [0.25, 0.3) is 0 Å². The molecule has 27 heavy (non-hydrogen) atoms. The Hall–Kier alpha value is -2.37. The number of alkyl halides is 1. The van der Waals surface area contributed by atoms with Gasteiger partial charge in [-0.1, -0.05) is 47.0 Å². The molecule has 5 nitrogen and oxygen atoms in total. The molecule has 1 saturated heterocycles. The molecule has 6 heteroatoms. The van der Waals surface area contributed by atoms with E-state index in [1.54, 1.807) is 31.2 Å². The number of carbonyl (C=O) groups excluding carboxylic acids is 2. The lowest BCUT2D eigenvalue weighted by Crippen LogP contribution is -2.44. The van der Waals surface area contributed by atoms with Crippen LogP contribution in [0.3, 0.4) is 0 Å². The summed E-state index contributed by atoms with van der Waals surface area (Å²) >= 11 is 6.12. The highest BCUT2D eigenvalue weighted by Crippen LogP contribution is 2.25. The van der Waals surface area contributed by atoms with Gasteiger partial charge < -0.3 is 14.4 Å². The fourth-order valence-electron chi connectivity index (χ4n) is 2.94. The van der Waals surface area contributed by atoms with E-state index in [-0.39, 0.29) is 12.5 Å². The molecule has 1 heterocycles. The number of esters is 1. The largest absolute Gasteiger partial charge is 0.454 e. The molecular weight excluding hydrogens is 366 g/mol. The summed E-state index contributed by atoms with van der Waals surface area (Å²) in [5.41, 5.74) is 2.46.